The summed E-state index contributed by atoms with van der Waals surface area (Å²) in [5, 5.41) is 3.45. The number of halogens is 1. The predicted molar refractivity (Wildman–Crippen MR) is 116 cm³/mol. The van der Waals surface area contributed by atoms with Crippen molar-refractivity contribution in [2.45, 2.75) is 20.3 Å². The highest BCUT2D eigenvalue weighted by atomic mass is 35.5. The molecule has 7 heteroatoms. The lowest BCUT2D eigenvalue weighted by Gasteiger charge is -2.37. The van der Waals surface area contributed by atoms with Gasteiger partial charge in [-0.2, -0.15) is 0 Å². The summed E-state index contributed by atoms with van der Waals surface area (Å²) in [7, 11) is 0. The first-order valence-corrected chi connectivity index (χ1v) is 10.2. The van der Waals surface area contributed by atoms with E-state index in [4.69, 9.17) is 16.3 Å². The number of nitrogens with one attached hydrogen (secondary N) is 1. The third-order valence-corrected chi connectivity index (χ3v) is 5.13. The molecule has 2 aromatic carbocycles. The molecule has 1 aliphatic heterocycles. The Morgan fingerprint density at radius 1 is 1.07 bits per heavy atom. The van der Waals surface area contributed by atoms with Crippen molar-refractivity contribution in [2.75, 3.05) is 43.0 Å². The Hall–Kier alpha value is -2.73. The number of carbonyl (C=O) groups excluding carboxylic acids is 2. The molecule has 2 aromatic rings. The molecule has 0 spiro atoms. The molecule has 0 bridgehead atoms. The monoisotopic (exact) mass is 415 g/mol. The molecule has 154 valence electrons. The van der Waals surface area contributed by atoms with Crippen molar-refractivity contribution >= 4 is 34.8 Å². The number of hydrogen-bond donors (Lipinski definition) is 1. The minimum absolute atomic E-state index is 0.0895. The van der Waals surface area contributed by atoms with Crippen LogP contribution in [0.5, 0.6) is 5.75 Å². The van der Waals surface area contributed by atoms with Crippen molar-refractivity contribution in [3.63, 3.8) is 0 Å². The molecule has 1 N–H and O–H groups in total. The van der Waals surface area contributed by atoms with E-state index in [0.717, 1.165) is 11.3 Å². The van der Waals surface area contributed by atoms with Crippen molar-refractivity contribution in [1.29, 1.82) is 0 Å². The van der Waals surface area contributed by atoms with Gasteiger partial charge in [0.05, 0.1) is 11.4 Å². The molecule has 0 aromatic heterocycles. The molecule has 1 saturated heterocycles. The number of aryl methyl sites for hydroxylation is 1. The second-order valence-electron chi connectivity index (χ2n) is 7.03. The van der Waals surface area contributed by atoms with Crippen LogP contribution in [0.15, 0.2) is 42.5 Å². The lowest BCUT2D eigenvalue weighted by molar-refractivity contribution is -0.131. The molecular weight excluding hydrogens is 390 g/mol. The summed E-state index contributed by atoms with van der Waals surface area (Å²) in [6.07, 6.45) is 0.517. The molecule has 29 heavy (non-hydrogen) atoms. The third kappa shape index (κ3) is 5.64. The normalized spacial score (nSPS) is 13.9. The highest BCUT2D eigenvalue weighted by molar-refractivity contribution is 6.31. The number of carbonyl (C=O) groups is 2. The lowest BCUT2D eigenvalue weighted by atomic mass is 10.2. The van der Waals surface area contributed by atoms with Crippen molar-refractivity contribution in [2.24, 2.45) is 0 Å². The highest BCUT2D eigenvalue weighted by Gasteiger charge is 2.22. The van der Waals surface area contributed by atoms with E-state index in [1.165, 1.54) is 0 Å². The van der Waals surface area contributed by atoms with Crippen molar-refractivity contribution in [3.05, 3.63) is 53.1 Å². The summed E-state index contributed by atoms with van der Waals surface area (Å²) in [5.74, 6) is 0.560. The van der Waals surface area contributed by atoms with Crippen LogP contribution in [0.25, 0.3) is 0 Å². The standard InChI is InChI=1S/C22H26ClN3O3/c1-3-22(28)26-12-10-25(11-13-26)20-9-6-17(23)14-19(20)24-21(27)15-29-18-7-4-16(2)5-8-18/h4-9,14H,3,10-13,15H2,1-2H3,(H,24,27). The summed E-state index contributed by atoms with van der Waals surface area (Å²) < 4.78 is 5.56. The van der Waals surface area contributed by atoms with E-state index < -0.39 is 0 Å². The Morgan fingerprint density at radius 3 is 2.41 bits per heavy atom. The van der Waals surface area contributed by atoms with Crippen molar-refractivity contribution in [3.8, 4) is 5.75 Å². The van der Waals surface area contributed by atoms with Gasteiger partial charge in [-0.05, 0) is 37.3 Å². The van der Waals surface area contributed by atoms with Crippen LogP contribution in [0, 0.1) is 6.92 Å². The molecule has 1 heterocycles. The first kappa shape index (κ1) is 21.0. The quantitative estimate of drug-likeness (QED) is 0.781. The number of anilines is 2. The lowest BCUT2D eigenvalue weighted by Crippen LogP contribution is -2.48. The van der Waals surface area contributed by atoms with Crippen LogP contribution in [0.4, 0.5) is 11.4 Å². The molecule has 0 saturated carbocycles. The molecule has 3 rings (SSSR count). The molecule has 1 fully saturated rings. The zero-order chi connectivity index (χ0) is 20.8. The number of nitrogens with zero attached hydrogens (tertiary/aromatic N) is 2. The zero-order valence-electron chi connectivity index (χ0n) is 16.8. The Bertz CT molecular complexity index is 862. The fraction of sp³-hybridized carbons (Fsp3) is 0.364. The van der Waals surface area contributed by atoms with E-state index in [1.807, 2.05) is 49.1 Å². The highest BCUT2D eigenvalue weighted by Crippen LogP contribution is 2.30. The van der Waals surface area contributed by atoms with Crippen LogP contribution in [-0.2, 0) is 9.59 Å². The molecule has 2 amide bonds. The Labute approximate surface area is 176 Å². The summed E-state index contributed by atoms with van der Waals surface area (Å²) in [6.45, 7) is 6.52. The molecule has 0 aliphatic carbocycles. The number of rotatable bonds is 6. The second-order valence-corrected chi connectivity index (χ2v) is 7.47. The maximum atomic E-state index is 12.4. The van der Waals surface area contributed by atoms with Gasteiger partial charge in [-0.25, -0.2) is 0 Å². The summed E-state index contributed by atoms with van der Waals surface area (Å²) in [6, 6.07) is 13.0. The van der Waals surface area contributed by atoms with Crippen LogP contribution in [0.3, 0.4) is 0 Å². The van der Waals surface area contributed by atoms with E-state index in [1.54, 1.807) is 12.1 Å². The van der Waals surface area contributed by atoms with E-state index in [2.05, 4.69) is 10.2 Å². The van der Waals surface area contributed by atoms with Gasteiger partial charge in [0.15, 0.2) is 6.61 Å². The molecule has 0 unspecified atom stereocenters. The van der Waals surface area contributed by atoms with Gasteiger partial charge in [-0.3, -0.25) is 9.59 Å². The zero-order valence-corrected chi connectivity index (χ0v) is 17.5. The van der Waals surface area contributed by atoms with Gasteiger partial charge in [0.1, 0.15) is 5.75 Å². The molecule has 1 aliphatic rings. The van der Waals surface area contributed by atoms with Gasteiger partial charge in [0, 0.05) is 37.6 Å². The smallest absolute Gasteiger partial charge is 0.262 e. The molecule has 6 nitrogen and oxygen atoms in total. The first-order chi connectivity index (χ1) is 14.0. The summed E-state index contributed by atoms with van der Waals surface area (Å²) in [5.41, 5.74) is 2.66. The van der Waals surface area contributed by atoms with Crippen LogP contribution >= 0.6 is 11.6 Å². The van der Waals surface area contributed by atoms with Gasteiger partial charge < -0.3 is 19.9 Å². The molecule has 0 radical (unpaired) electrons. The fourth-order valence-corrected chi connectivity index (χ4v) is 3.45. The first-order valence-electron chi connectivity index (χ1n) is 9.78. The second kappa shape index (κ2) is 9.65. The fourth-order valence-electron chi connectivity index (χ4n) is 3.27. The third-order valence-electron chi connectivity index (χ3n) is 4.90. The number of piperazine rings is 1. The minimum Gasteiger partial charge on any atom is -0.484 e. The van der Waals surface area contributed by atoms with Crippen molar-refractivity contribution < 1.29 is 14.3 Å². The van der Waals surface area contributed by atoms with Crippen LogP contribution in [0.1, 0.15) is 18.9 Å². The number of hydrogen-bond acceptors (Lipinski definition) is 4. The largest absolute Gasteiger partial charge is 0.484 e. The van der Waals surface area contributed by atoms with Crippen molar-refractivity contribution in [1.82, 2.24) is 4.90 Å². The Kier molecular flexibility index (Phi) is 6.99. The van der Waals surface area contributed by atoms with Gasteiger partial charge in [-0.15, -0.1) is 0 Å². The Balaban J connectivity index is 1.63. The average molecular weight is 416 g/mol. The van der Waals surface area contributed by atoms with E-state index in [9.17, 15) is 9.59 Å². The number of amides is 2. The number of benzene rings is 2. The molecule has 0 atom stereocenters. The van der Waals surface area contributed by atoms with Gasteiger partial charge in [0.2, 0.25) is 5.91 Å². The van der Waals surface area contributed by atoms with Gasteiger partial charge >= 0.3 is 0 Å². The van der Waals surface area contributed by atoms with Crippen LogP contribution in [0.2, 0.25) is 5.02 Å². The van der Waals surface area contributed by atoms with Crippen LogP contribution < -0.4 is 15.0 Å². The number of ether oxygens (including phenoxy) is 1. The van der Waals surface area contributed by atoms with E-state index in [0.29, 0.717) is 49.1 Å². The maximum Gasteiger partial charge on any atom is 0.262 e. The van der Waals surface area contributed by atoms with Gasteiger partial charge in [0.25, 0.3) is 5.91 Å². The topological polar surface area (TPSA) is 61.9 Å². The minimum atomic E-state index is -0.256. The van der Waals surface area contributed by atoms with Crippen LogP contribution in [-0.4, -0.2) is 49.5 Å². The van der Waals surface area contributed by atoms with E-state index >= 15 is 0 Å². The van der Waals surface area contributed by atoms with Gasteiger partial charge in [-0.1, -0.05) is 36.2 Å². The SMILES string of the molecule is CCC(=O)N1CCN(c2ccc(Cl)cc2NC(=O)COc2ccc(C)cc2)CC1. The summed E-state index contributed by atoms with van der Waals surface area (Å²) >= 11 is 6.16. The summed E-state index contributed by atoms with van der Waals surface area (Å²) in [4.78, 5) is 28.4. The molecular formula is C22H26ClN3O3. The predicted octanol–water partition coefficient (Wildman–Crippen LogP) is 3.72. The Morgan fingerprint density at radius 2 is 1.76 bits per heavy atom. The maximum absolute atomic E-state index is 12.4. The average Bonchev–Trinajstić information content (AvgIpc) is 2.73. The van der Waals surface area contributed by atoms with E-state index in [-0.39, 0.29) is 18.4 Å².